The molecule has 0 N–H and O–H groups in total. The lowest BCUT2D eigenvalue weighted by Crippen LogP contribution is -2.47. The van der Waals surface area contributed by atoms with E-state index in [1.807, 2.05) is 6.07 Å². The summed E-state index contributed by atoms with van der Waals surface area (Å²) in [6.07, 6.45) is 5.96. The average Bonchev–Trinajstić information content (AvgIpc) is 3.08. The minimum Gasteiger partial charge on any atom is -0.369 e. The van der Waals surface area contributed by atoms with E-state index in [0.717, 1.165) is 44.5 Å². The molecule has 2 saturated heterocycles. The smallest absolute Gasteiger partial charge is 0.176 e. The molecule has 1 aromatic carbocycles. The monoisotopic (exact) mass is 333 g/mol. The summed E-state index contributed by atoms with van der Waals surface area (Å²) in [5.41, 5.74) is 1.05. The van der Waals surface area contributed by atoms with Crippen molar-refractivity contribution in [2.75, 3.05) is 37.3 Å². The van der Waals surface area contributed by atoms with Crippen molar-refractivity contribution in [3.8, 4) is 6.07 Å². The maximum atomic E-state index is 11.9. The van der Waals surface area contributed by atoms with Gasteiger partial charge in [-0.25, -0.2) is 8.42 Å². The van der Waals surface area contributed by atoms with Crippen LogP contribution in [0.3, 0.4) is 0 Å². The molecule has 0 aliphatic carbocycles. The zero-order valence-corrected chi connectivity index (χ0v) is 14.3. The summed E-state index contributed by atoms with van der Waals surface area (Å²) in [5, 5.41) is 9.52. The molecule has 1 atom stereocenters. The van der Waals surface area contributed by atoms with Gasteiger partial charge in [-0.3, -0.25) is 4.90 Å². The number of piperidine rings is 1. The van der Waals surface area contributed by atoms with Crippen LogP contribution < -0.4 is 4.90 Å². The van der Waals surface area contributed by atoms with Crippen molar-refractivity contribution in [3.05, 3.63) is 23.8 Å². The Balaban J connectivity index is 1.90. The zero-order valence-electron chi connectivity index (χ0n) is 13.5. The lowest BCUT2D eigenvalue weighted by Gasteiger charge is -2.39. The van der Waals surface area contributed by atoms with Crippen LogP contribution in [0.25, 0.3) is 0 Å². The number of nitrogens with zero attached hydrogens (tertiary/aromatic N) is 3. The Bertz CT molecular complexity index is 718. The van der Waals surface area contributed by atoms with Gasteiger partial charge in [-0.2, -0.15) is 5.26 Å². The SMILES string of the molecule is CS(=O)(=O)c1cccc(N2CCC[C@H](N3CCCC3)C2)c1C#N. The fourth-order valence-corrected chi connectivity index (χ4v) is 4.63. The van der Waals surface area contributed by atoms with Gasteiger partial charge in [0.15, 0.2) is 9.84 Å². The van der Waals surface area contributed by atoms with Crippen LogP contribution in [0.5, 0.6) is 0 Å². The van der Waals surface area contributed by atoms with Gasteiger partial charge >= 0.3 is 0 Å². The van der Waals surface area contributed by atoms with Gasteiger partial charge in [0, 0.05) is 25.4 Å². The Hall–Kier alpha value is -1.58. The molecule has 0 saturated carbocycles. The van der Waals surface area contributed by atoms with Gasteiger partial charge in [0.2, 0.25) is 0 Å². The highest BCUT2D eigenvalue weighted by Gasteiger charge is 2.29. The second-order valence-electron chi connectivity index (χ2n) is 6.52. The third-order valence-corrected chi connectivity index (χ3v) is 6.05. The zero-order chi connectivity index (χ0) is 16.4. The number of nitriles is 1. The molecular formula is C17H23N3O2S. The topological polar surface area (TPSA) is 64.4 Å². The van der Waals surface area contributed by atoms with E-state index in [4.69, 9.17) is 0 Å². The fourth-order valence-electron chi connectivity index (χ4n) is 3.78. The number of benzene rings is 1. The summed E-state index contributed by atoms with van der Waals surface area (Å²) in [6, 6.07) is 7.78. The van der Waals surface area contributed by atoms with Gasteiger partial charge in [-0.1, -0.05) is 6.07 Å². The van der Waals surface area contributed by atoms with Crippen LogP contribution in [0, 0.1) is 11.3 Å². The first-order chi connectivity index (χ1) is 11.0. The molecule has 1 aromatic rings. The fraction of sp³-hybridized carbons (Fsp3) is 0.588. The van der Waals surface area contributed by atoms with Crippen molar-refractivity contribution < 1.29 is 8.42 Å². The summed E-state index contributed by atoms with van der Waals surface area (Å²) in [5.74, 6) is 0. The van der Waals surface area contributed by atoms with Crippen molar-refractivity contribution in [1.82, 2.24) is 4.90 Å². The molecule has 2 aliphatic rings. The quantitative estimate of drug-likeness (QED) is 0.847. The molecule has 2 aliphatic heterocycles. The molecule has 0 bridgehead atoms. The highest BCUT2D eigenvalue weighted by molar-refractivity contribution is 7.90. The molecule has 2 fully saturated rings. The maximum Gasteiger partial charge on any atom is 0.176 e. The molecule has 6 heteroatoms. The Kier molecular flexibility index (Phi) is 4.60. The van der Waals surface area contributed by atoms with Crippen LogP contribution >= 0.6 is 0 Å². The van der Waals surface area contributed by atoms with E-state index in [1.165, 1.54) is 25.3 Å². The Morgan fingerprint density at radius 3 is 2.57 bits per heavy atom. The second-order valence-corrected chi connectivity index (χ2v) is 8.50. The molecule has 0 amide bonds. The summed E-state index contributed by atoms with van der Waals surface area (Å²) in [4.78, 5) is 4.87. The molecule has 2 heterocycles. The largest absolute Gasteiger partial charge is 0.369 e. The first-order valence-corrected chi connectivity index (χ1v) is 10.1. The van der Waals surface area contributed by atoms with Crippen molar-refractivity contribution in [2.24, 2.45) is 0 Å². The molecule has 0 aromatic heterocycles. The van der Waals surface area contributed by atoms with Gasteiger partial charge in [-0.15, -0.1) is 0 Å². The van der Waals surface area contributed by atoms with E-state index in [1.54, 1.807) is 6.07 Å². The van der Waals surface area contributed by atoms with E-state index in [0.29, 0.717) is 6.04 Å². The van der Waals surface area contributed by atoms with Crippen LogP contribution in [-0.4, -0.2) is 51.8 Å². The van der Waals surface area contributed by atoms with Crippen molar-refractivity contribution in [1.29, 1.82) is 5.26 Å². The predicted octanol–water partition coefficient (Wildman–Crippen LogP) is 2.03. The molecule has 3 rings (SSSR count). The summed E-state index contributed by atoms with van der Waals surface area (Å²) in [7, 11) is -3.40. The summed E-state index contributed by atoms with van der Waals surface area (Å²) < 4.78 is 23.9. The first-order valence-electron chi connectivity index (χ1n) is 8.23. The normalized spacial score (nSPS) is 23.0. The molecule has 5 nitrogen and oxygen atoms in total. The molecule has 0 unspecified atom stereocenters. The molecule has 124 valence electrons. The van der Waals surface area contributed by atoms with Crippen LogP contribution in [0.4, 0.5) is 5.69 Å². The van der Waals surface area contributed by atoms with E-state index in [-0.39, 0.29) is 10.5 Å². The number of sulfone groups is 1. The molecule has 0 radical (unpaired) electrons. The minimum atomic E-state index is -3.40. The number of hydrogen-bond acceptors (Lipinski definition) is 5. The standard InChI is InChI=1S/C17H23N3O2S/c1-23(21,22)17-8-4-7-16(15(17)12-18)20-11-5-6-14(13-20)19-9-2-3-10-19/h4,7-8,14H,2-3,5-6,9-11,13H2,1H3/t14-/m0/s1. The summed E-state index contributed by atoms with van der Waals surface area (Å²) >= 11 is 0. The number of rotatable bonds is 3. The third-order valence-electron chi connectivity index (χ3n) is 4.91. The predicted molar refractivity (Wildman–Crippen MR) is 90.3 cm³/mol. The highest BCUT2D eigenvalue weighted by atomic mass is 32.2. The van der Waals surface area contributed by atoms with E-state index < -0.39 is 9.84 Å². The second kappa shape index (κ2) is 6.50. The van der Waals surface area contributed by atoms with Crippen LogP contribution in [0.1, 0.15) is 31.2 Å². The van der Waals surface area contributed by atoms with Gasteiger partial charge in [0.05, 0.1) is 16.1 Å². The van der Waals surface area contributed by atoms with E-state index in [2.05, 4.69) is 15.9 Å². The maximum absolute atomic E-state index is 11.9. The minimum absolute atomic E-state index is 0.140. The lowest BCUT2D eigenvalue weighted by molar-refractivity contribution is 0.215. The molecule has 23 heavy (non-hydrogen) atoms. The van der Waals surface area contributed by atoms with Crippen molar-refractivity contribution in [3.63, 3.8) is 0 Å². The van der Waals surface area contributed by atoms with Gasteiger partial charge in [-0.05, 0) is 50.9 Å². The number of likely N-dealkylation sites (tertiary alicyclic amines) is 1. The lowest BCUT2D eigenvalue weighted by atomic mass is 10.0. The Morgan fingerprint density at radius 2 is 1.91 bits per heavy atom. The number of hydrogen-bond donors (Lipinski definition) is 0. The van der Waals surface area contributed by atoms with Crippen molar-refractivity contribution >= 4 is 15.5 Å². The first kappa shape index (κ1) is 16.3. The van der Waals surface area contributed by atoms with Gasteiger partial charge in [0.25, 0.3) is 0 Å². The van der Waals surface area contributed by atoms with Gasteiger partial charge in [0.1, 0.15) is 6.07 Å². The van der Waals surface area contributed by atoms with E-state index >= 15 is 0 Å². The van der Waals surface area contributed by atoms with Crippen LogP contribution in [-0.2, 0) is 9.84 Å². The third kappa shape index (κ3) is 3.36. The Morgan fingerprint density at radius 1 is 1.17 bits per heavy atom. The number of anilines is 1. The average molecular weight is 333 g/mol. The molecule has 0 spiro atoms. The Labute approximate surface area is 138 Å². The summed E-state index contributed by atoms with van der Waals surface area (Å²) in [6.45, 7) is 4.08. The van der Waals surface area contributed by atoms with Gasteiger partial charge < -0.3 is 4.90 Å². The molecular weight excluding hydrogens is 310 g/mol. The van der Waals surface area contributed by atoms with Crippen LogP contribution in [0.15, 0.2) is 23.1 Å². The van der Waals surface area contributed by atoms with Crippen molar-refractivity contribution in [2.45, 2.75) is 36.6 Å². The van der Waals surface area contributed by atoms with Crippen LogP contribution in [0.2, 0.25) is 0 Å². The highest BCUT2D eigenvalue weighted by Crippen LogP contribution is 2.30. The van der Waals surface area contributed by atoms with E-state index in [9.17, 15) is 13.7 Å².